The van der Waals surface area contributed by atoms with Crippen LogP contribution in [0.1, 0.15) is 47.9 Å². The number of carbonyl (C=O) groups excluding carboxylic acids is 1. The van der Waals surface area contributed by atoms with Crippen molar-refractivity contribution in [3.05, 3.63) is 89.2 Å². The van der Waals surface area contributed by atoms with Crippen molar-refractivity contribution < 1.29 is 17.6 Å². The first kappa shape index (κ1) is 22.9. The molecule has 0 aliphatic carbocycles. The van der Waals surface area contributed by atoms with Crippen LogP contribution >= 0.6 is 11.3 Å². The minimum absolute atomic E-state index is 0.0378. The molecule has 0 radical (unpaired) electrons. The van der Waals surface area contributed by atoms with E-state index in [1.807, 2.05) is 17.5 Å². The lowest BCUT2D eigenvalue weighted by Crippen LogP contribution is -2.14. The largest absolute Gasteiger partial charge is 0.459 e. The second kappa shape index (κ2) is 9.72. The van der Waals surface area contributed by atoms with Crippen LogP contribution in [0, 0.1) is 0 Å². The summed E-state index contributed by atoms with van der Waals surface area (Å²) in [5, 5.41) is 5.00. The first-order chi connectivity index (χ1) is 15.9. The predicted octanol–water partition coefficient (Wildman–Crippen LogP) is 6.14. The Hall–Kier alpha value is -3.23. The number of nitrogens with zero attached hydrogens (tertiary/aromatic N) is 1. The van der Waals surface area contributed by atoms with Gasteiger partial charge in [-0.3, -0.25) is 10.1 Å². The van der Waals surface area contributed by atoms with Crippen LogP contribution in [0.4, 0.5) is 5.13 Å². The molecular formula is C25H24N2O4S2. The summed E-state index contributed by atoms with van der Waals surface area (Å²) in [7, 11) is -3.61. The van der Waals surface area contributed by atoms with E-state index in [4.69, 9.17) is 4.42 Å². The van der Waals surface area contributed by atoms with Crippen LogP contribution in [0.25, 0.3) is 11.3 Å². The molecule has 4 aromatic rings. The van der Waals surface area contributed by atoms with Crippen molar-refractivity contribution in [2.75, 3.05) is 5.32 Å². The Labute approximate surface area is 197 Å². The van der Waals surface area contributed by atoms with E-state index in [1.54, 1.807) is 18.2 Å². The molecule has 4 rings (SSSR count). The van der Waals surface area contributed by atoms with E-state index in [-0.39, 0.29) is 16.4 Å². The van der Waals surface area contributed by atoms with Gasteiger partial charge >= 0.3 is 0 Å². The maximum absolute atomic E-state index is 12.8. The van der Waals surface area contributed by atoms with Gasteiger partial charge in [0.05, 0.1) is 22.6 Å². The third-order valence-electron chi connectivity index (χ3n) is 5.51. The molecule has 6 nitrogen and oxygen atoms in total. The van der Waals surface area contributed by atoms with Crippen LogP contribution in [0.15, 0.2) is 81.6 Å². The fourth-order valence-corrected chi connectivity index (χ4v) is 5.49. The Balaban J connectivity index is 1.47. The standard InChI is InChI=1S/C25H24N2O4S2/c1-3-17(2)18-9-11-19(12-10-18)22-15-32-25(26-22)27-24(28)23-20(13-14-31-23)16-33(29,30)21-7-5-4-6-8-21/h4-15,17H,3,16H2,1-2H3,(H,26,27,28). The van der Waals surface area contributed by atoms with Gasteiger partial charge in [-0.2, -0.15) is 0 Å². The quantitative estimate of drug-likeness (QED) is 0.327. The molecule has 0 saturated carbocycles. The van der Waals surface area contributed by atoms with Crippen LogP contribution in [-0.4, -0.2) is 19.3 Å². The number of benzene rings is 2. The summed E-state index contributed by atoms with van der Waals surface area (Å²) >= 11 is 1.30. The average Bonchev–Trinajstić information content (AvgIpc) is 3.48. The molecule has 0 bridgehead atoms. The fourth-order valence-electron chi connectivity index (χ4n) is 3.40. The molecule has 1 N–H and O–H groups in total. The predicted molar refractivity (Wildman–Crippen MR) is 130 cm³/mol. The van der Waals surface area contributed by atoms with Crippen molar-refractivity contribution in [1.29, 1.82) is 0 Å². The summed E-state index contributed by atoms with van der Waals surface area (Å²) in [5.41, 5.74) is 3.30. The molecule has 0 saturated heterocycles. The number of furan rings is 1. The summed E-state index contributed by atoms with van der Waals surface area (Å²) in [6, 6.07) is 17.9. The highest BCUT2D eigenvalue weighted by atomic mass is 32.2. The minimum atomic E-state index is -3.61. The maximum atomic E-state index is 12.8. The Morgan fingerprint density at radius 2 is 1.82 bits per heavy atom. The van der Waals surface area contributed by atoms with E-state index in [0.717, 1.165) is 17.7 Å². The summed E-state index contributed by atoms with van der Waals surface area (Å²) in [6.45, 7) is 4.36. The van der Waals surface area contributed by atoms with Crippen molar-refractivity contribution in [1.82, 2.24) is 4.98 Å². The number of rotatable bonds is 8. The normalized spacial score (nSPS) is 12.4. The van der Waals surface area contributed by atoms with Crippen molar-refractivity contribution in [3.63, 3.8) is 0 Å². The molecule has 1 atom stereocenters. The number of amides is 1. The highest BCUT2D eigenvalue weighted by molar-refractivity contribution is 7.90. The summed E-state index contributed by atoms with van der Waals surface area (Å²) in [5.74, 6) is -0.407. The van der Waals surface area contributed by atoms with Gasteiger partial charge < -0.3 is 4.42 Å². The highest BCUT2D eigenvalue weighted by Gasteiger charge is 2.23. The van der Waals surface area contributed by atoms with Crippen LogP contribution in [0.5, 0.6) is 0 Å². The van der Waals surface area contributed by atoms with Gasteiger partial charge in [0.15, 0.2) is 20.7 Å². The van der Waals surface area contributed by atoms with E-state index in [0.29, 0.717) is 16.6 Å². The molecule has 0 spiro atoms. The zero-order valence-corrected chi connectivity index (χ0v) is 19.9. The minimum Gasteiger partial charge on any atom is -0.459 e. The summed E-state index contributed by atoms with van der Waals surface area (Å²) in [6.07, 6.45) is 2.39. The van der Waals surface area contributed by atoms with Crippen molar-refractivity contribution in [2.45, 2.75) is 36.8 Å². The monoisotopic (exact) mass is 480 g/mol. The van der Waals surface area contributed by atoms with E-state index in [9.17, 15) is 13.2 Å². The second-order valence-electron chi connectivity index (χ2n) is 7.77. The average molecular weight is 481 g/mol. The number of hydrogen-bond acceptors (Lipinski definition) is 6. The van der Waals surface area contributed by atoms with Gasteiger partial charge in [-0.1, -0.05) is 56.3 Å². The van der Waals surface area contributed by atoms with E-state index in [1.165, 1.54) is 41.4 Å². The lowest BCUT2D eigenvalue weighted by Gasteiger charge is -2.08. The molecular weight excluding hydrogens is 456 g/mol. The number of anilines is 1. The number of hydrogen-bond donors (Lipinski definition) is 1. The number of sulfone groups is 1. The molecule has 1 unspecified atom stereocenters. The van der Waals surface area contributed by atoms with E-state index >= 15 is 0 Å². The van der Waals surface area contributed by atoms with Crippen LogP contribution in [0.3, 0.4) is 0 Å². The van der Waals surface area contributed by atoms with Gasteiger partial charge in [0, 0.05) is 16.5 Å². The molecule has 0 aliphatic rings. The number of nitrogens with one attached hydrogen (secondary N) is 1. The Bertz CT molecular complexity index is 1340. The summed E-state index contributed by atoms with van der Waals surface area (Å²) in [4.78, 5) is 17.5. The van der Waals surface area contributed by atoms with Crippen molar-refractivity contribution in [2.24, 2.45) is 0 Å². The van der Waals surface area contributed by atoms with Gasteiger partial charge in [0.2, 0.25) is 0 Å². The van der Waals surface area contributed by atoms with Crippen molar-refractivity contribution >= 4 is 32.2 Å². The molecule has 2 aromatic carbocycles. The lowest BCUT2D eigenvalue weighted by molar-refractivity contribution is 0.0995. The van der Waals surface area contributed by atoms with Crippen LogP contribution in [0.2, 0.25) is 0 Å². The van der Waals surface area contributed by atoms with Crippen LogP contribution < -0.4 is 5.32 Å². The molecule has 170 valence electrons. The van der Waals surface area contributed by atoms with Gasteiger partial charge in [-0.15, -0.1) is 11.3 Å². The Morgan fingerprint density at radius 1 is 1.09 bits per heavy atom. The molecule has 33 heavy (non-hydrogen) atoms. The Kier molecular flexibility index (Phi) is 6.76. The summed E-state index contributed by atoms with van der Waals surface area (Å²) < 4.78 is 30.7. The van der Waals surface area contributed by atoms with Crippen molar-refractivity contribution in [3.8, 4) is 11.3 Å². The zero-order chi connectivity index (χ0) is 23.4. The third kappa shape index (κ3) is 5.23. The molecule has 2 aromatic heterocycles. The van der Waals surface area contributed by atoms with Gasteiger partial charge in [-0.05, 0) is 36.1 Å². The van der Waals surface area contributed by atoms with Gasteiger partial charge in [0.1, 0.15) is 0 Å². The number of thiazole rings is 1. The second-order valence-corrected chi connectivity index (χ2v) is 10.6. The lowest BCUT2D eigenvalue weighted by atomic mass is 9.97. The molecule has 8 heteroatoms. The number of carbonyl (C=O) groups is 1. The first-order valence-electron chi connectivity index (χ1n) is 10.6. The van der Waals surface area contributed by atoms with Gasteiger partial charge in [0.25, 0.3) is 5.91 Å². The Morgan fingerprint density at radius 3 is 2.52 bits per heavy atom. The molecule has 0 aliphatic heterocycles. The van der Waals surface area contributed by atoms with E-state index in [2.05, 4.69) is 36.3 Å². The van der Waals surface area contributed by atoms with Gasteiger partial charge in [-0.25, -0.2) is 13.4 Å². The zero-order valence-electron chi connectivity index (χ0n) is 18.3. The molecule has 2 heterocycles. The smallest absolute Gasteiger partial charge is 0.293 e. The topological polar surface area (TPSA) is 89.3 Å². The third-order valence-corrected chi connectivity index (χ3v) is 7.95. The number of aromatic nitrogens is 1. The van der Waals surface area contributed by atoms with E-state index < -0.39 is 15.7 Å². The SMILES string of the molecule is CCC(C)c1ccc(-c2csc(NC(=O)c3occc3CS(=O)(=O)c3ccccc3)n2)cc1. The maximum Gasteiger partial charge on any atom is 0.293 e. The fraction of sp³-hybridized carbons (Fsp3) is 0.200. The highest BCUT2D eigenvalue weighted by Crippen LogP contribution is 2.28. The molecule has 0 fully saturated rings. The molecule has 1 amide bonds. The van der Waals surface area contributed by atoms with Crippen LogP contribution in [-0.2, 0) is 15.6 Å². The first-order valence-corrected chi connectivity index (χ1v) is 13.1.